The summed E-state index contributed by atoms with van der Waals surface area (Å²) >= 11 is 0. The molecule has 0 bridgehead atoms. The van der Waals surface area contributed by atoms with Crippen molar-refractivity contribution < 1.29 is 0 Å². The zero-order valence-electron chi connectivity index (χ0n) is 39.7. The first-order valence-electron chi connectivity index (χ1n) is 24.9. The van der Waals surface area contributed by atoms with Gasteiger partial charge in [-0.1, -0.05) is 243 Å². The minimum Gasteiger partial charge on any atom is -0.0622 e. The summed E-state index contributed by atoms with van der Waals surface area (Å²) in [5.41, 5.74) is 28.8. The van der Waals surface area contributed by atoms with Gasteiger partial charge in [0.1, 0.15) is 0 Å². The number of hydrogen-bond donors (Lipinski definition) is 0. The second kappa shape index (κ2) is 18.5. The van der Waals surface area contributed by atoms with Gasteiger partial charge in [0.2, 0.25) is 0 Å². The van der Waals surface area contributed by atoms with Crippen LogP contribution in [-0.4, -0.2) is 0 Å². The summed E-state index contributed by atoms with van der Waals surface area (Å²) < 4.78 is 0. The maximum Gasteiger partial charge on any atom is -0.000137 e. The van der Waals surface area contributed by atoms with Crippen LogP contribution in [0.3, 0.4) is 0 Å². The fourth-order valence-corrected chi connectivity index (χ4v) is 11.1. The molecule has 0 saturated carbocycles. The molecule has 0 fully saturated rings. The first-order valence-corrected chi connectivity index (χ1v) is 24.9. The van der Waals surface area contributed by atoms with Gasteiger partial charge in [-0.2, -0.15) is 0 Å². The topological polar surface area (TPSA) is 0 Å². The van der Waals surface area contributed by atoms with Crippen LogP contribution in [0.5, 0.6) is 0 Å². The van der Waals surface area contributed by atoms with Gasteiger partial charge in [-0.15, -0.1) is 0 Å². The highest BCUT2D eigenvalue weighted by molar-refractivity contribution is 6.39. The summed E-state index contributed by atoms with van der Waals surface area (Å²) in [6.07, 6.45) is 0. The van der Waals surface area contributed by atoms with Crippen molar-refractivity contribution in [2.75, 3.05) is 0 Å². The number of benzene rings is 11. The van der Waals surface area contributed by atoms with Crippen LogP contribution in [0.2, 0.25) is 0 Å². The lowest BCUT2D eigenvalue weighted by Gasteiger charge is -2.20. The van der Waals surface area contributed by atoms with Crippen LogP contribution in [0.15, 0.2) is 297 Å². The maximum atomic E-state index is 2.52. The standard InChI is InChI=1S/C72H48/c1-9-25-49(26-10-1)57-41-58(50-27-11-2-12-28-50)44-61(43-57)67-65-47-63(53-33-17-5-18-34-53)64(54-35-19-6-20-36-54)48-66(65)71-70(68(55-37-21-7-22-38-55)69(72(67)71)56-39-23-8-24-40-56)62-45-59(51-29-13-3-14-30-51)42-60(46-62)52-31-15-4-16-32-52/h1-48H. The van der Waals surface area contributed by atoms with Gasteiger partial charge in [-0.3, -0.25) is 0 Å². The Morgan fingerprint density at radius 3 is 0.653 bits per heavy atom. The third kappa shape index (κ3) is 7.77. The Morgan fingerprint density at radius 1 is 0.111 bits per heavy atom. The van der Waals surface area contributed by atoms with E-state index in [1.165, 1.54) is 134 Å². The van der Waals surface area contributed by atoms with Crippen molar-refractivity contribution in [3.8, 4) is 66.8 Å². The fraction of sp³-hybridized carbons (Fsp3) is 0. The highest BCUT2D eigenvalue weighted by Crippen LogP contribution is 2.63. The highest BCUT2D eigenvalue weighted by atomic mass is 14.4. The summed E-state index contributed by atoms with van der Waals surface area (Å²) in [5, 5.41) is 0. The van der Waals surface area contributed by atoms with E-state index in [9.17, 15) is 0 Å². The van der Waals surface area contributed by atoms with Crippen LogP contribution in [0.4, 0.5) is 0 Å². The van der Waals surface area contributed by atoms with Crippen molar-refractivity contribution in [3.63, 3.8) is 0 Å². The molecule has 0 spiro atoms. The van der Waals surface area contributed by atoms with Crippen molar-refractivity contribution in [3.05, 3.63) is 330 Å². The average Bonchev–Trinajstić information content (AvgIpc) is 3.99. The molecule has 72 heavy (non-hydrogen) atoms. The number of allylic oxidation sites excluding steroid dienone is 5. The molecule has 0 radical (unpaired) electrons. The van der Waals surface area contributed by atoms with E-state index in [4.69, 9.17) is 0 Å². The van der Waals surface area contributed by atoms with Crippen LogP contribution >= 0.6 is 0 Å². The summed E-state index contributed by atoms with van der Waals surface area (Å²) in [7, 11) is 0. The van der Waals surface area contributed by atoms with Crippen molar-refractivity contribution in [2.24, 2.45) is 0 Å². The summed E-state index contributed by atoms with van der Waals surface area (Å²) in [5.74, 6) is 0. The predicted octanol–water partition coefficient (Wildman–Crippen LogP) is 19.0. The summed E-state index contributed by atoms with van der Waals surface area (Å²) in [6, 6.07) is 107. The molecule has 0 heteroatoms. The van der Waals surface area contributed by atoms with Crippen LogP contribution in [0.1, 0.15) is 33.4 Å². The Morgan fingerprint density at radius 2 is 0.333 bits per heavy atom. The number of fused-ring (bicyclic) bond motifs is 3. The molecule has 11 aromatic rings. The normalized spacial score (nSPS) is 12.8. The molecule has 13 rings (SSSR count). The molecule has 0 saturated heterocycles. The van der Waals surface area contributed by atoms with Gasteiger partial charge in [0.15, 0.2) is 0 Å². The van der Waals surface area contributed by atoms with Crippen molar-refractivity contribution in [2.45, 2.75) is 0 Å². The van der Waals surface area contributed by atoms with Crippen molar-refractivity contribution in [1.29, 1.82) is 0 Å². The smallest absolute Gasteiger partial charge is 0.000137 e. The Labute approximate surface area is 422 Å². The number of hydrogen-bond acceptors (Lipinski definition) is 0. The molecule has 0 unspecified atom stereocenters. The van der Waals surface area contributed by atoms with Gasteiger partial charge in [-0.05, 0) is 182 Å². The van der Waals surface area contributed by atoms with Gasteiger partial charge in [0.05, 0.1) is 0 Å². The molecule has 0 aromatic heterocycles. The van der Waals surface area contributed by atoms with Gasteiger partial charge < -0.3 is 0 Å². The van der Waals surface area contributed by atoms with E-state index >= 15 is 0 Å². The number of rotatable bonds is 10. The third-order valence-electron chi connectivity index (χ3n) is 14.4. The van der Waals surface area contributed by atoms with Crippen molar-refractivity contribution in [1.82, 2.24) is 0 Å². The third-order valence-corrected chi connectivity index (χ3v) is 14.4. The van der Waals surface area contributed by atoms with E-state index in [1.807, 2.05) is 0 Å². The molecule has 0 heterocycles. The van der Waals surface area contributed by atoms with E-state index in [1.54, 1.807) is 0 Å². The van der Waals surface area contributed by atoms with Crippen LogP contribution in [0, 0.1) is 0 Å². The molecular formula is C72H48. The maximum absolute atomic E-state index is 2.52. The van der Waals surface area contributed by atoms with E-state index in [0.29, 0.717) is 0 Å². The average molecular weight is 913 g/mol. The molecule has 11 aromatic carbocycles. The molecule has 2 aliphatic carbocycles. The Hall–Kier alpha value is -9.36. The van der Waals surface area contributed by atoms with Crippen LogP contribution < -0.4 is 0 Å². The predicted molar refractivity (Wildman–Crippen MR) is 304 cm³/mol. The Bertz CT molecular complexity index is 3750. The first-order chi connectivity index (χ1) is 35.7. The van der Waals surface area contributed by atoms with E-state index in [0.717, 1.165) is 0 Å². The Balaban J connectivity index is 1.23. The van der Waals surface area contributed by atoms with E-state index < -0.39 is 0 Å². The molecular weight excluding hydrogens is 865 g/mol. The second-order valence-electron chi connectivity index (χ2n) is 18.7. The molecule has 336 valence electrons. The van der Waals surface area contributed by atoms with Crippen LogP contribution in [-0.2, 0) is 0 Å². The highest BCUT2D eigenvalue weighted by Gasteiger charge is 2.41. The monoisotopic (exact) mass is 912 g/mol. The fourth-order valence-electron chi connectivity index (χ4n) is 11.1. The second-order valence-corrected chi connectivity index (χ2v) is 18.7. The van der Waals surface area contributed by atoms with E-state index in [-0.39, 0.29) is 0 Å². The molecule has 0 amide bonds. The largest absolute Gasteiger partial charge is 0.0622 e. The van der Waals surface area contributed by atoms with Gasteiger partial charge in [0, 0.05) is 0 Å². The SMILES string of the molecule is c1ccc(C2=C(c3ccccc3)C(c3cc(-c4ccccc4)cc(-c4ccccc4)c3)=C3C2=C(c2cc(-c4ccccc4)cc(-c4ccccc4)c2)c2cc(-c4ccccc4)c(-c4ccccc4)cc23)cc1. The lowest BCUT2D eigenvalue weighted by Crippen LogP contribution is -1.98. The quantitative estimate of drug-likeness (QED) is 0.128. The minimum absolute atomic E-state index is 1.18. The lowest BCUT2D eigenvalue weighted by atomic mass is 9.83. The lowest BCUT2D eigenvalue weighted by molar-refractivity contribution is 1.50. The zero-order valence-corrected chi connectivity index (χ0v) is 39.7. The molecule has 0 nitrogen and oxygen atoms in total. The minimum atomic E-state index is 1.18. The first kappa shape index (κ1) is 42.7. The molecule has 0 N–H and O–H groups in total. The van der Waals surface area contributed by atoms with Gasteiger partial charge >= 0.3 is 0 Å². The summed E-state index contributed by atoms with van der Waals surface area (Å²) in [4.78, 5) is 0. The van der Waals surface area contributed by atoms with Crippen molar-refractivity contribution >= 4 is 27.9 Å². The summed E-state index contributed by atoms with van der Waals surface area (Å²) in [6.45, 7) is 0. The molecule has 2 aliphatic rings. The van der Waals surface area contributed by atoms with Gasteiger partial charge in [0.25, 0.3) is 0 Å². The van der Waals surface area contributed by atoms with Gasteiger partial charge in [-0.25, -0.2) is 0 Å². The van der Waals surface area contributed by atoms with Crippen LogP contribution in [0.25, 0.3) is 94.6 Å². The molecule has 0 atom stereocenters. The molecule has 0 aliphatic heterocycles. The Kier molecular flexibility index (Phi) is 11.0. The van der Waals surface area contributed by atoms with E-state index in [2.05, 4.69) is 291 Å². The zero-order chi connectivity index (χ0) is 47.8.